The molecule has 1 aliphatic heterocycles. The standard InChI is InChI=1S/C21H21N3O2/c1-23-11-12-24(19(14-23)15-7-3-2-4-8-15)21(26)18-13-16-9-5-6-10-17(16)20(25)22-18/h2-10,13,19H,11-12,14H2,1H3,(H,22,25). The number of nitrogens with one attached hydrogen (secondary N) is 1. The molecule has 1 aliphatic rings. The van der Waals surface area contributed by atoms with Crippen molar-refractivity contribution < 1.29 is 4.79 Å². The van der Waals surface area contributed by atoms with Crippen molar-refractivity contribution in [1.82, 2.24) is 14.8 Å². The molecule has 1 amide bonds. The number of nitrogens with zero attached hydrogens (tertiary/aromatic N) is 2. The highest BCUT2D eigenvalue weighted by molar-refractivity contribution is 5.96. The molecule has 0 aliphatic carbocycles. The Bertz CT molecular complexity index is 997. The van der Waals surface area contributed by atoms with Gasteiger partial charge in [0, 0.05) is 25.0 Å². The van der Waals surface area contributed by atoms with Gasteiger partial charge in [0.25, 0.3) is 11.5 Å². The molecule has 2 aromatic carbocycles. The van der Waals surface area contributed by atoms with E-state index in [9.17, 15) is 9.59 Å². The number of likely N-dealkylation sites (N-methyl/N-ethyl adjacent to an activating group) is 1. The molecule has 0 spiro atoms. The fourth-order valence-electron chi connectivity index (χ4n) is 3.60. The number of aromatic nitrogens is 1. The third kappa shape index (κ3) is 3.02. The van der Waals surface area contributed by atoms with Gasteiger partial charge in [0.2, 0.25) is 0 Å². The Balaban J connectivity index is 1.73. The van der Waals surface area contributed by atoms with E-state index in [1.165, 1.54) is 0 Å². The van der Waals surface area contributed by atoms with Crippen LogP contribution in [0.5, 0.6) is 0 Å². The SMILES string of the molecule is CN1CCN(C(=O)c2cc3ccccc3c(=O)[nH]2)C(c2ccccc2)C1. The summed E-state index contributed by atoms with van der Waals surface area (Å²) in [6.45, 7) is 2.21. The highest BCUT2D eigenvalue weighted by Gasteiger charge is 2.31. The van der Waals surface area contributed by atoms with E-state index >= 15 is 0 Å². The summed E-state index contributed by atoms with van der Waals surface area (Å²) in [5, 5.41) is 1.38. The first-order valence-electron chi connectivity index (χ1n) is 8.80. The Hall–Kier alpha value is -2.92. The number of aromatic amines is 1. The van der Waals surface area contributed by atoms with Gasteiger partial charge in [-0.3, -0.25) is 9.59 Å². The molecule has 0 saturated carbocycles. The van der Waals surface area contributed by atoms with E-state index in [1.807, 2.05) is 53.4 Å². The molecular formula is C21H21N3O2. The Morgan fingerprint density at radius 1 is 1.04 bits per heavy atom. The second kappa shape index (κ2) is 6.77. The molecule has 2 heterocycles. The first-order valence-corrected chi connectivity index (χ1v) is 8.80. The summed E-state index contributed by atoms with van der Waals surface area (Å²) >= 11 is 0. The van der Waals surface area contributed by atoms with Gasteiger partial charge in [0.1, 0.15) is 5.69 Å². The number of carbonyl (C=O) groups is 1. The largest absolute Gasteiger partial charge is 0.328 e. The van der Waals surface area contributed by atoms with Crippen molar-refractivity contribution in [3.8, 4) is 0 Å². The molecular weight excluding hydrogens is 326 g/mol. The first kappa shape index (κ1) is 16.5. The quantitative estimate of drug-likeness (QED) is 0.775. The predicted molar refractivity (Wildman–Crippen MR) is 102 cm³/mol. The maximum absolute atomic E-state index is 13.2. The minimum absolute atomic E-state index is 0.0302. The van der Waals surface area contributed by atoms with Gasteiger partial charge in [-0.2, -0.15) is 0 Å². The van der Waals surface area contributed by atoms with Crippen LogP contribution in [0.4, 0.5) is 0 Å². The minimum atomic E-state index is -0.225. The van der Waals surface area contributed by atoms with Gasteiger partial charge in [-0.1, -0.05) is 48.5 Å². The molecule has 5 nitrogen and oxygen atoms in total. The molecule has 4 rings (SSSR count). The summed E-state index contributed by atoms with van der Waals surface area (Å²) < 4.78 is 0. The molecule has 3 aromatic rings. The number of H-pyrrole nitrogens is 1. The third-order valence-electron chi connectivity index (χ3n) is 5.01. The van der Waals surface area contributed by atoms with E-state index in [1.54, 1.807) is 12.1 Å². The van der Waals surface area contributed by atoms with Crippen LogP contribution < -0.4 is 5.56 Å². The van der Waals surface area contributed by atoms with E-state index in [0.717, 1.165) is 24.0 Å². The van der Waals surface area contributed by atoms with Crippen molar-refractivity contribution in [2.75, 3.05) is 26.7 Å². The van der Waals surface area contributed by atoms with Gasteiger partial charge in [0.05, 0.1) is 6.04 Å². The maximum atomic E-state index is 13.2. The summed E-state index contributed by atoms with van der Waals surface area (Å²) in [4.78, 5) is 32.4. The van der Waals surface area contributed by atoms with Crippen molar-refractivity contribution in [1.29, 1.82) is 0 Å². The summed E-state index contributed by atoms with van der Waals surface area (Å²) in [5.74, 6) is -0.130. The van der Waals surface area contributed by atoms with E-state index in [4.69, 9.17) is 0 Å². The van der Waals surface area contributed by atoms with Crippen molar-refractivity contribution in [2.24, 2.45) is 0 Å². The number of hydrogen-bond acceptors (Lipinski definition) is 3. The van der Waals surface area contributed by atoms with Crippen LogP contribution in [0.2, 0.25) is 0 Å². The molecule has 1 aromatic heterocycles. The van der Waals surface area contributed by atoms with Gasteiger partial charge >= 0.3 is 0 Å². The third-order valence-corrected chi connectivity index (χ3v) is 5.01. The van der Waals surface area contributed by atoms with Crippen molar-refractivity contribution in [3.63, 3.8) is 0 Å². The van der Waals surface area contributed by atoms with Crippen molar-refractivity contribution >= 4 is 16.7 Å². The van der Waals surface area contributed by atoms with Gasteiger partial charge < -0.3 is 14.8 Å². The molecule has 1 fully saturated rings. The van der Waals surface area contributed by atoms with Crippen LogP contribution >= 0.6 is 0 Å². The number of rotatable bonds is 2. The molecule has 1 N–H and O–H groups in total. The fourth-order valence-corrected chi connectivity index (χ4v) is 3.60. The summed E-state index contributed by atoms with van der Waals surface area (Å²) in [5.41, 5.74) is 1.23. The number of benzene rings is 2. The normalized spacial score (nSPS) is 18.2. The van der Waals surface area contributed by atoms with Crippen LogP contribution in [0.25, 0.3) is 10.8 Å². The first-order chi connectivity index (χ1) is 12.6. The summed E-state index contributed by atoms with van der Waals surface area (Å²) in [7, 11) is 2.07. The lowest BCUT2D eigenvalue weighted by atomic mass is 10.0. The van der Waals surface area contributed by atoms with E-state index in [2.05, 4.69) is 16.9 Å². The number of carbonyl (C=O) groups excluding carboxylic acids is 1. The van der Waals surface area contributed by atoms with Gasteiger partial charge in [-0.15, -0.1) is 0 Å². The number of pyridine rings is 1. The average Bonchev–Trinajstić information content (AvgIpc) is 2.68. The zero-order valence-electron chi connectivity index (χ0n) is 14.7. The van der Waals surface area contributed by atoms with Crippen LogP contribution in [-0.4, -0.2) is 47.4 Å². The van der Waals surface area contributed by atoms with Gasteiger partial charge in [0.15, 0.2) is 0 Å². The number of fused-ring (bicyclic) bond motifs is 1. The smallest absolute Gasteiger partial charge is 0.270 e. The molecule has 0 radical (unpaired) electrons. The van der Waals surface area contributed by atoms with E-state index in [-0.39, 0.29) is 17.5 Å². The predicted octanol–water partition coefficient (Wildman–Crippen LogP) is 2.66. The molecule has 132 valence electrons. The molecule has 0 bridgehead atoms. The molecule has 1 saturated heterocycles. The van der Waals surface area contributed by atoms with Crippen LogP contribution in [-0.2, 0) is 0 Å². The number of piperazine rings is 1. The number of hydrogen-bond donors (Lipinski definition) is 1. The minimum Gasteiger partial charge on any atom is -0.328 e. The Morgan fingerprint density at radius 2 is 1.77 bits per heavy atom. The van der Waals surface area contributed by atoms with Crippen molar-refractivity contribution in [2.45, 2.75) is 6.04 Å². The van der Waals surface area contributed by atoms with Crippen LogP contribution in [0.1, 0.15) is 22.1 Å². The zero-order valence-corrected chi connectivity index (χ0v) is 14.7. The van der Waals surface area contributed by atoms with Crippen LogP contribution in [0, 0.1) is 0 Å². The highest BCUT2D eigenvalue weighted by Crippen LogP contribution is 2.26. The monoisotopic (exact) mass is 347 g/mol. The highest BCUT2D eigenvalue weighted by atomic mass is 16.2. The molecule has 5 heteroatoms. The lowest BCUT2D eigenvalue weighted by molar-refractivity contribution is 0.0492. The van der Waals surface area contributed by atoms with E-state index in [0.29, 0.717) is 17.6 Å². The summed E-state index contributed by atoms with van der Waals surface area (Å²) in [6.07, 6.45) is 0. The fraction of sp³-hybridized carbons (Fsp3) is 0.238. The second-order valence-corrected chi connectivity index (χ2v) is 6.79. The molecule has 1 unspecified atom stereocenters. The average molecular weight is 347 g/mol. The molecule has 1 atom stereocenters. The van der Waals surface area contributed by atoms with E-state index < -0.39 is 0 Å². The second-order valence-electron chi connectivity index (χ2n) is 6.79. The maximum Gasteiger partial charge on any atom is 0.270 e. The Kier molecular flexibility index (Phi) is 4.31. The topological polar surface area (TPSA) is 56.4 Å². The van der Waals surface area contributed by atoms with Crippen molar-refractivity contribution in [3.05, 3.63) is 82.3 Å². The number of amides is 1. The van der Waals surface area contributed by atoms with Gasteiger partial charge in [-0.05, 0) is 30.1 Å². The summed E-state index contributed by atoms with van der Waals surface area (Å²) in [6, 6.07) is 19.1. The zero-order chi connectivity index (χ0) is 18.1. The van der Waals surface area contributed by atoms with Crippen LogP contribution in [0.15, 0.2) is 65.5 Å². The Labute approximate surface area is 151 Å². The Morgan fingerprint density at radius 3 is 2.58 bits per heavy atom. The molecule has 26 heavy (non-hydrogen) atoms. The van der Waals surface area contributed by atoms with Crippen LogP contribution in [0.3, 0.4) is 0 Å². The lowest BCUT2D eigenvalue weighted by Gasteiger charge is -2.40. The lowest BCUT2D eigenvalue weighted by Crippen LogP contribution is -2.49. The van der Waals surface area contributed by atoms with Gasteiger partial charge in [-0.25, -0.2) is 0 Å².